The van der Waals surface area contributed by atoms with Crippen LogP contribution in [0.25, 0.3) is 0 Å². The predicted molar refractivity (Wildman–Crippen MR) is 66.4 cm³/mol. The number of carbonyl (C=O) groups excluding carboxylic acids is 1. The van der Waals surface area contributed by atoms with Crippen molar-refractivity contribution in [3.8, 4) is 0 Å². The Morgan fingerprint density at radius 1 is 1.50 bits per heavy atom. The third-order valence-electron chi connectivity index (χ3n) is 2.32. The van der Waals surface area contributed by atoms with Gasteiger partial charge in [0.2, 0.25) is 5.76 Å². The second-order valence-corrected chi connectivity index (χ2v) is 4.51. The van der Waals surface area contributed by atoms with Gasteiger partial charge in [0, 0.05) is 23.7 Å². The summed E-state index contributed by atoms with van der Waals surface area (Å²) in [7, 11) is 1.33. The van der Waals surface area contributed by atoms with Crippen molar-refractivity contribution in [3.05, 3.63) is 41.7 Å². The van der Waals surface area contributed by atoms with Crippen LogP contribution in [0.5, 0.6) is 0 Å². The molecule has 0 N–H and O–H groups in total. The van der Waals surface area contributed by atoms with Crippen LogP contribution in [0.4, 0.5) is 0 Å². The Bertz CT molecular complexity index is 540. The fourth-order valence-corrected chi connectivity index (χ4v) is 2.24. The molecule has 0 aliphatic rings. The van der Waals surface area contributed by atoms with Crippen LogP contribution in [-0.4, -0.2) is 23.0 Å². The van der Waals surface area contributed by atoms with Crippen LogP contribution in [0, 0.1) is 6.92 Å². The highest BCUT2D eigenvalue weighted by Crippen LogP contribution is 2.24. The maximum atomic E-state index is 11.3. The van der Waals surface area contributed by atoms with Gasteiger partial charge >= 0.3 is 5.97 Å². The zero-order chi connectivity index (χ0) is 13.0. The first-order chi connectivity index (χ1) is 8.70. The average Bonchev–Trinajstić information content (AvgIpc) is 2.78. The monoisotopic (exact) mass is 264 g/mol. The standard InChI is InChI=1S/C12H12N2O3S/c1-8-9(5-10(17-8)12(15)16-2)7-18-11-6-13-3-4-14-11/h3-6H,7H2,1-2H3. The van der Waals surface area contributed by atoms with E-state index < -0.39 is 5.97 Å². The van der Waals surface area contributed by atoms with Gasteiger partial charge in [-0.05, 0) is 13.0 Å². The van der Waals surface area contributed by atoms with Crippen molar-refractivity contribution in [1.82, 2.24) is 9.97 Å². The second kappa shape index (κ2) is 5.68. The first-order valence-corrected chi connectivity index (χ1v) is 6.25. The molecule has 0 atom stereocenters. The van der Waals surface area contributed by atoms with E-state index in [0.717, 1.165) is 10.6 Å². The van der Waals surface area contributed by atoms with Gasteiger partial charge in [-0.1, -0.05) is 11.8 Å². The van der Waals surface area contributed by atoms with Gasteiger partial charge in [0.05, 0.1) is 13.3 Å². The summed E-state index contributed by atoms with van der Waals surface area (Å²) in [5.74, 6) is 1.15. The molecule has 0 saturated carbocycles. The maximum Gasteiger partial charge on any atom is 0.373 e. The third kappa shape index (κ3) is 2.89. The van der Waals surface area contributed by atoms with Crippen molar-refractivity contribution < 1.29 is 13.9 Å². The molecule has 0 spiro atoms. The largest absolute Gasteiger partial charge is 0.463 e. The van der Waals surface area contributed by atoms with Crippen LogP contribution in [0.3, 0.4) is 0 Å². The molecule has 0 unspecified atom stereocenters. The first-order valence-electron chi connectivity index (χ1n) is 5.27. The number of hydrogen-bond acceptors (Lipinski definition) is 6. The molecular weight excluding hydrogens is 252 g/mol. The Hall–Kier alpha value is -1.82. The number of ether oxygens (including phenoxy) is 1. The van der Waals surface area contributed by atoms with E-state index in [1.54, 1.807) is 24.7 Å². The molecule has 18 heavy (non-hydrogen) atoms. The lowest BCUT2D eigenvalue weighted by atomic mass is 10.3. The predicted octanol–water partition coefficient (Wildman–Crippen LogP) is 2.46. The van der Waals surface area contributed by atoms with E-state index in [1.807, 2.05) is 6.92 Å². The first kappa shape index (κ1) is 12.6. The van der Waals surface area contributed by atoms with Gasteiger partial charge in [-0.15, -0.1) is 0 Å². The lowest BCUT2D eigenvalue weighted by molar-refractivity contribution is 0.0563. The van der Waals surface area contributed by atoms with Gasteiger partial charge in [0.15, 0.2) is 0 Å². The molecule has 0 aliphatic carbocycles. The molecule has 2 aromatic heterocycles. The van der Waals surface area contributed by atoms with Crippen LogP contribution in [0.1, 0.15) is 21.9 Å². The molecule has 5 nitrogen and oxygen atoms in total. The second-order valence-electron chi connectivity index (χ2n) is 3.52. The van der Waals surface area contributed by atoms with Crippen LogP contribution in [0.15, 0.2) is 34.1 Å². The number of esters is 1. The number of thioether (sulfide) groups is 1. The summed E-state index contributed by atoms with van der Waals surface area (Å²) in [5.41, 5.74) is 0.950. The molecule has 2 heterocycles. The molecule has 0 aliphatic heterocycles. The summed E-state index contributed by atoms with van der Waals surface area (Å²) in [6.07, 6.45) is 4.97. The number of hydrogen-bond donors (Lipinski definition) is 0. The van der Waals surface area contributed by atoms with E-state index in [4.69, 9.17) is 4.42 Å². The van der Waals surface area contributed by atoms with Crippen molar-refractivity contribution >= 4 is 17.7 Å². The van der Waals surface area contributed by atoms with Crippen LogP contribution >= 0.6 is 11.8 Å². The highest BCUT2D eigenvalue weighted by Gasteiger charge is 2.14. The van der Waals surface area contributed by atoms with Crippen LogP contribution in [0.2, 0.25) is 0 Å². The van der Waals surface area contributed by atoms with Gasteiger partial charge in [0.1, 0.15) is 10.8 Å². The number of aromatic nitrogens is 2. The fourth-order valence-electron chi connectivity index (χ4n) is 1.38. The molecule has 2 rings (SSSR count). The zero-order valence-corrected chi connectivity index (χ0v) is 10.9. The van der Waals surface area contributed by atoms with Crippen molar-refractivity contribution in [3.63, 3.8) is 0 Å². The fraction of sp³-hybridized carbons (Fsp3) is 0.250. The Balaban J connectivity index is 2.06. The highest BCUT2D eigenvalue weighted by molar-refractivity contribution is 7.98. The van der Waals surface area contributed by atoms with Crippen molar-refractivity contribution in [2.24, 2.45) is 0 Å². The summed E-state index contributed by atoms with van der Waals surface area (Å²) in [4.78, 5) is 19.5. The minimum Gasteiger partial charge on any atom is -0.463 e. The Kier molecular flexibility index (Phi) is 3.99. The summed E-state index contributed by atoms with van der Waals surface area (Å²) in [5, 5.41) is 0.831. The average molecular weight is 264 g/mol. The molecule has 0 aromatic carbocycles. The van der Waals surface area contributed by atoms with Crippen LogP contribution < -0.4 is 0 Å². The van der Waals surface area contributed by atoms with E-state index in [-0.39, 0.29) is 5.76 Å². The van der Waals surface area contributed by atoms with E-state index in [1.165, 1.54) is 18.9 Å². The van der Waals surface area contributed by atoms with E-state index in [2.05, 4.69) is 14.7 Å². The van der Waals surface area contributed by atoms with Crippen molar-refractivity contribution in [2.75, 3.05) is 7.11 Å². The molecular formula is C12H12N2O3S. The Morgan fingerprint density at radius 3 is 3.00 bits per heavy atom. The molecule has 0 amide bonds. The highest BCUT2D eigenvalue weighted by atomic mass is 32.2. The molecule has 94 valence electrons. The van der Waals surface area contributed by atoms with Crippen molar-refractivity contribution in [2.45, 2.75) is 17.7 Å². The lowest BCUT2D eigenvalue weighted by Crippen LogP contribution is -1.98. The van der Waals surface area contributed by atoms with Gasteiger partial charge in [-0.3, -0.25) is 4.98 Å². The van der Waals surface area contributed by atoms with E-state index in [0.29, 0.717) is 11.5 Å². The molecule has 2 aromatic rings. The number of furan rings is 1. The van der Waals surface area contributed by atoms with Gasteiger partial charge in [-0.25, -0.2) is 9.78 Å². The molecule has 0 bridgehead atoms. The van der Waals surface area contributed by atoms with E-state index >= 15 is 0 Å². The third-order valence-corrected chi connectivity index (χ3v) is 3.28. The number of methoxy groups -OCH3 is 1. The maximum absolute atomic E-state index is 11.3. The lowest BCUT2D eigenvalue weighted by Gasteiger charge is -1.97. The molecule has 0 saturated heterocycles. The Labute approximate surface area is 109 Å². The summed E-state index contributed by atoms with van der Waals surface area (Å²) >= 11 is 1.53. The van der Waals surface area contributed by atoms with E-state index in [9.17, 15) is 4.79 Å². The van der Waals surface area contributed by atoms with Gasteiger partial charge in [0.25, 0.3) is 0 Å². The van der Waals surface area contributed by atoms with Crippen LogP contribution in [-0.2, 0) is 10.5 Å². The van der Waals surface area contributed by atoms with Gasteiger partial charge in [-0.2, -0.15) is 0 Å². The SMILES string of the molecule is COC(=O)c1cc(CSc2cnccn2)c(C)o1. The number of nitrogens with zero attached hydrogens (tertiary/aromatic N) is 2. The number of carbonyl (C=O) groups is 1. The quantitative estimate of drug-likeness (QED) is 0.624. The molecule has 0 radical (unpaired) electrons. The summed E-state index contributed by atoms with van der Waals surface area (Å²) in [6.45, 7) is 1.82. The molecule has 0 fully saturated rings. The minimum atomic E-state index is -0.464. The Morgan fingerprint density at radius 2 is 2.33 bits per heavy atom. The molecule has 6 heteroatoms. The number of rotatable bonds is 4. The number of aryl methyl sites for hydroxylation is 1. The topological polar surface area (TPSA) is 65.2 Å². The van der Waals surface area contributed by atoms with Gasteiger partial charge < -0.3 is 9.15 Å². The van der Waals surface area contributed by atoms with Crippen molar-refractivity contribution in [1.29, 1.82) is 0 Å². The smallest absolute Gasteiger partial charge is 0.373 e. The summed E-state index contributed by atoms with van der Waals surface area (Å²) < 4.78 is 9.94. The zero-order valence-electron chi connectivity index (χ0n) is 10.0. The summed E-state index contributed by atoms with van der Waals surface area (Å²) in [6, 6.07) is 1.70. The minimum absolute atomic E-state index is 0.227. The normalized spacial score (nSPS) is 10.3.